The van der Waals surface area contributed by atoms with Crippen LogP contribution in [0.5, 0.6) is 23.0 Å². The first-order valence-corrected chi connectivity index (χ1v) is 13.3. The molecule has 0 aromatic heterocycles. The van der Waals surface area contributed by atoms with Gasteiger partial charge in [-0.1, -0.05) is 6.07 Å². The Labute approximate surface area is 230 Å². The van der Waals surface area contributed by atoms with Crippen LogP contribution in [-0.4, -0.2) is 108 Å². The number of nitrogens with zero attached hydrogens (tertiary/aromatic N) is 3. The highest BCUT2D eigenvalue weighted by molar-refractivity contribution is 6.02. The minimum atomic E-state index is -0.677. The van der Waals surface area contributed by atoms with Gasteiger partial charge in [0.15, 0.2) is 23.0 Å². The van der Waals surface area contributed by atoms with Crippen molar-refractivity contribution in [3.63, 3.8) is 0 Å². The van der Waals surface area contributed by atoms with Crippen molar-refractivity contribution in [1.82, 2.24) is 20.0 Å². The molecule has 1 fully saturated rings. The van der Waals surface area contributed by atoms with Gasteiger partial charge in [0.25, 0.3) is 5.91 Å². The van der Waals surface area contributed by atoms with E-state index in [1.165, 1.54) is 7.11 Å². The number of amides is 2. The van der Waals surface area contributed by atoms with E-state index < -0.39 is 12.0 Å². The fourth-order valence-electron chi connectivity index (χ4n) is 5.48. The van der Waals surface area contributed by atoms with Crippen molar-refractivity contribution in [2.75, 3.05) is 81.8 Å². The number of methoxy groups -OCH3 is 4. The molecule has 2 aliphatic rings. The number of fused-ring (bicyclic) bond motifs is 1. The fraction of sp³-hybridized carbons (Fsp3) is 0.517. The number of piperazine rings is 1. The average molecular weight is 541 g/mol. The maximum Gasteiger partial charge on any atom is 0.254 e. The number of ether oxygens (including phenoxy) is 4. The Balaban J connectivity index is 1.66. The summed E-state index contributed by atoms with van der Waals surface area (Å²) >= 11 is 0. The highest BCUT2D eigenvalue weighted by atomic mass is 16.5. The van der Waals surface area contributed by atoms with E-state index in [-0.39, 0.29) is 11.8 Å². The van der Waals surface area contributed by atoms with Crippen molar-refractivity contribution in [2.24, 2.45) is 0 Å². The highest BCUT2D eigenvalue weighted by Crippen LogP contribution is 2.46. The van der Waals surface area contributed by atoms with E-state index in [9.17, 15) is 9.59 Å². The van der Waals surface area contributed by atoms with Crippen LogP contribution in [0, 0.1) is 0 Å². The maximum atomic E-state index is 13.9. The summed E-state index contributed by atoms with van der Waals surface area (Å²) in [5.41, 5.74) is 1.79. The van der Waals surface area contributed by atoms with Crippen molar-refractivity contribution >= 4 is 11.8 Å². The molecule has 4 rings (SSSR count). The summed E-state index contributed by atoms with van der Waals surface area (Å²) < 4.78 is 21.9. The molecule has 0 bridgehead atoms. The van der Waals surface area contributed by atoms with E-state index >= 15 is 0 Å². The second-order valence-corrected chi connectivity index (χ2v) is 10.0. The fourth-order valence-corrected chi connectivity index (χ4v) is 5.48. The zero-order valence-electron chi connectivity index (χ0n) is 23.8. The zero-order chi connectivity index (χ0) is 28.1. The van der Waals surface area contributed by atoms with Gasteiger partial charge in [-0.25, -0.2) is 0 Å². The van der Waals surface area contributed by atoms with E-state index in [1.54, 1.807) is 51.5 Å². The molecule has 39 heavy (non-hydrogen) atoms. The van der Waals surface area contributed by atoms with Crippen LogP contribution in [-0.2, 0) is 4.79 Å². The van der Waals surface area contributed by atoms with Gasteiger partial charge in [0.2, 0.25) is 5.91 Å². The number of carbonyl (C=O) groups excluding carboxylic acids is 2. The summed E-state index contributed by atoms with van der Waals surface area (Å²) in [7, 11) is 10.1. The van der Waals surface area contributed by atoms with E-state index in [2.05, 4.69) is 22.2 Å². The van der Waals surface area contributed by atoms with Crippen molar-refractivity contribution in [2.45, 2.75) is 18.4 Å². The van der Waals surface area contributed by atoms with E-state index in [1.807, 2.05) is 12.1 Å². The van der Waals surface area contributed by atoms with Gasteiger partial charge in [-0.3, -0.25) is 9.59 Å². The number of carbonyl (C=O) groups is 2. The molecule has 0 spiro atoms. The van der Waals surface area contributed by atoms with Gasteiger partial charge in [0.05, 0.1) is 40.4 Å². The Kier molecular flexibility index (Phi) is 9.19. The van der Waals surface area contributed by atoms with Crippen LogP contribution in [0.4, 0.5) is 0 Å². The first-order valence-electron chi connectivity index (χ1n) is 13.3. The second-order valence-electron chi connectivity index (χ2n) is 10.0. The normalized spacial score (nSPS) is 19.8. The number of rotatable bonds is 10. The quantitative estimate of drug-likeness (QED) is 0.460. The van der Waals surface area contributed by atoms with Gasteiger partial charge in [0.1, 0.15) is 0 Å². The predicted octanol–water partition coefficient (Wildman–Crippen LogP) is 2.39. The Morgan fingerprint density at radius 1 is 0.872 bits per heavy atom. The minimum Gasteiger partial charge on any atom is -0.493 e. The minimum absolute atomic E-state index is 0.152. The first kappa shape index (κ1) is 28.5. The summed E-state index contributed by atoms with van der Waals surface area (Å²) in [5, 5.41) is 3.15. The van der Waals surface area contributed by atoms with Gasteiger partial charge in [-0.15, -0.1) is 0 Å². The van der Waals surface area contributed by atoms with Crippen LogP contribution in [0.25, 0.3) is 0 Å². The molecule has 2 unspecified atom stereocenters. The SMILES string of the molecule is COc1ccc(C2C(C(=O)NCCCN3CCN(C)CC3)c3cc(OC)c(OC)cc3C(=O)N2C)cc1OC. The molecule has 10 nitrogen and oxygen atoms in total. The molecule has 10 heteroatoms. The number of benzene rings is 2. The monoisotopic (exact) mass is 540 g/mol. The molecule has 2 atom stereocenters. The van der Waals surface area contributed by atoms with Crippen molar-refractivity contribution in [1.29, 1.82) is 0 Å². The molecule has 0 saturated carbocycles. The topological polar surface area (TPSA) is 92.8 Å². The summed E-state index contributed by atoms with van der Waals surface area (Å²) in [6, 6.07) is 8.33. The Morgan fingerprint density at radius 3 is 2.13 bits per heavy atom. The second kappa shape index (κ2) is 12.6. The lowest BCUT2D eigenvalue weighted by molar-refractivity contribution is -0.124. The molecule has 2 aromatic carbocycles. The van der Waals surface area contributed by atoms with Gasteiger partial charge >= 0.3 is 0 Å². The first-order chi connectivity index (χ1) is 18.8. The molecule has 0 radical (unpaired) electrons. The molecule has 0 aliphatic carbocycles. The number of likely N-dealkylation sites (N-methyl/N-ethyl adjacent to an activating group) is 2. The highest BCUT2D eigenvalue weighted by Gasteiger charge is 2.43. The number of hydrogen-bond acceptors (Lipinski definition) is 8. The van der Waals surface area contributed by atoms with Crippen molar-refractivity contribution < 1.29 is 28.5 Å². The lowest BCUT2D eigenvalue weighted by Crippen LogP contribution is -2.47. The number of hydrogen-bond donors (Lipinski definition) is 1. The van der Waals surface area contributed by atoms with Crippen LogP contribution in [0.1, 0.15) is 39.9 Å². The van der Waals surface area contributed by atoms with Crippen LogP contribution < -0.4 is 24.3 Å². The predicted molar refractivity (Wildman–Crippen MR) is 148 cm³/mol. The molecule has 1 saturated heterocycles. The van der Waals surface area contributed by atoms with Gasteiger partial charge < -0.3 is 39.0 Å². The van der Waals surface area contributed by atoms with Crippen LogP contribution in [0.2, 0.25) is 0 Å². The van der Waals surface area contributed by atoms with Crippen LogP contribution >= 0.6 is 0 Å². The average Bonchev–Trinajstić information content (AvgIpc) is 2.96. The Hall–Kier alpha value is -3.50. The lowest BCUT2D eigenvalue weighted by atomic mass is 9.79. The molecule has 2 aromatic rings. The smallest absolute Gasteiger partial charge is 0.254 e. The van der Waals surface area contributed by atoms with E-state index in [4.69, 9.17) is 18.9 Å². The van der Waals surface area contributed by atoms with Gasteiger partial charge in [0, 0.05) is 45.3 Å². The summed E-state index contributed by atoms with van der Waals surface area (Å²) in [5.74, 6) is 0.972. The van der Waals surface area contributed by atoms with Gasteiger partial charge in [-0.2, -0.15) is 0 Å². The van der Waals surface area contributed by atoms with Crippen molar-refractivity contribution in [3.8, 4) is 23.0 Å². The summed E-state index contributed by atoms with van der Waals surface area (Å²) in [6.45, 7) is 5.67. The van der Waals surface area contributed by atoms with Crippen molar-refractivity contribution in [3.05, 3.63) is 47.0 Å². The Morgan fingerprint density at radius 2 is 1.49 bits per heavy atom. The molecule has 2 heterocycles. The summed E-state index contributed by atoms with van der Waals surface area (Å²) in [6.07, 6.45) is 0.844. The third-order valence-corrected chi connectivity index (χ3v) is 7.75. The largest absolute Gasteiger partial charge is 0.493 e. The molecule has 2 amide bonds. The molecule has 2 aliphatic heterocycles. The molecule has 212 valence electrons. The lowest BCUT2D eigenvalue weighted by Gasteiger charge is -2.40. The van der Waals surface area contributed by atoms with Gasteiger partial charge in [-0.05, 0) is 55.4 Å². The maximum absolute atomic E-state index is 13.9. The third kappa shape index (κ3) is 5.91. The Bertz CT molecular complexity index is 1180. The van der Waals surface area contributed by atoms with Crippen LogP contribution in [0.15, 0.2) is 30.3 Å². The molecular weight excluding hydrogens is 500 g/mol. The number of nitrogens with one attached hydrogen (secondary N) is 1. The van der Waals surface area contributed by atoms with E-state index in [0.717, 1.165) is 44.7 Å². The standard InChI is InChI=1S/C29H40N4O6/c1-31-12-14-33(15-13-31)11-7-10-30-28(34)26-20-17-24(38-5)25(39-6)18-21(20)29(35)32(2)27(26)19-8-9-22(36-3)23(16-19)37-4/h8-9,16-18,26-27H,7,10-15H2,1-6H3,(H,30,34). The van der Waals surface area contributed by atoms with E-state index in [0.29, 0.717) is 40.7 Å². The molecular formula is C29H40N4O6. The zero-order valence-corrected chi connectivity index (χ0v) is 23.8. The third-order valence-electron chi connectivity index (χ3n) is 7.75. The summed E-state index contributed by atoms with van der Waals surface area (Å²) in [4.78, 5) is 33.9. The van der Waals surface area contributed by atoms with Crippen LogP contribution in [0.3, 0.4) is 0 Å². The molecule has 1 N–H and O–H groups in total.